The van der Waals surface area contributed by atoms with E-state index in [1.807, 2.05) is 6.92 Å². The molecule has 2 aliphatic heterocycles. The van der Waals surface area contributed by atoms with Gasteiger partial charge in [-0.25, -0.2) is 9.97 Å². The van der Waals surface area contributed by atoms with Gasteiger partial charge in [0.15, 0.2) is 0 Å². The van der Waals surface area contributed by atoms with Gasteiger partial charge in [0.05, 0.1) is 10.3 Å². The van der Waals surface area contributed by atoms with Crippen LogP contribution in [0.5, 0.6) is 0 Å². The number of amides is 1. The molecule has 1 unspecified atom stereocenters. The Morgan fingerprint density at radius 3 is 2.61 bits per heavy atom. The molecule has 0 bridgehead atoms. The van der Waals surface area contributed by atoms with Crippen LogP contribution in [0.25, 0.3) is 10.2 Å². The van der Waals surface area contributed by atoms with Crippen LogP contribution in [0.15, 0.2) is 36.7 Å². The Bertz CT molecular complexity index is 1110. The van der Waals surface area contributed by atoms with Crippen LogP contribution in [0.1, 0.15) is 35.0 Å². The lowest BCUT2D eigenvalue weighted by Gasteiger charge is -2.37. The summed E-state index contributed by atoms with van der Waals surface area (Å²) < 4.78 is 0. The number of benzene rings is 1. The van der Waals surface area contributed by atoms with Crippen molar-refractivity contribution in [2.75, 3.05) is 55.6 Å². The quantitative estimate of drug-likeness (QED) is 0.602. The molecule has 8 heteroatoms. The van der Waals surface area contributed by atoms with Gasteiger partial charge >= 0.3 is 0 Å². The Morgan fingerprint density at radius 2 is 1.85 bits per heavy atom. The van der Waals surface area contributed by atoms with Gasteiger partial charge in [0.2, 0.25) is 0 Å². The van der Waals surface area contributed by atoms with E-state index in [0.717, 1.165) is 72.2 Å². The molecule has 4 heterocycles. The lowest BCUT2D eigenvalue weighted by atomic mass is 10.1. The molecule has 33 heavy (non-hydrogen) atoms. The minimum absolute atomic E-state index is 0.0123. The van der Waals surface area contributed by atoms with Crippen molar-refractivity contribution >= 4 is 39.0 Å². The Morgan fingerprint density at radius 1 is 1.09 bits per heavy atom. The molecule has 3 aromatic rings. The third-order valence-corrected chi connectivity index (χ3v) is 8.22. The monoisotopic (exact) mass is 464 g/mol. The fourth-order valence-electron chi connectivity index (χ4n) is 5.16. The van der Waals surface area contributed by atoms with Crippen LogP contribution in [-0.2, 0) is 0 Å². The number of thiophene rings is 1. The van der Waals surface area contributed by atoms with E-state index >= 15 is 0 Å². The highest BCUT2D eigenvalue weighted by Gasteiger charge is 2.26. The highest BCUT2D eigenvalue weighted by Crippen LogP contribution is 2.35. The number of nitrogens with zero attached hydrogens (tertiary/aromatic N) is 5. The number of likely N-dealkylation sites (tertiary alicyclic amines) is 1. The molecule has 2 aromatic heterocycles. The van der Waals surface area contributed by atoms with E-state index in [0.29, 0.717) is 12.6 Å². The Kier molecular flexibility index (Phi) is 6.46. The summed E-state index contributed by atoms with van der Waals surface area (Å²) in [5.41, 5.74) is 2.26. The number of carbonyl (C=O) groups is 1. The van der Waals surface area contributed by atoms with Crippen LogP contribution in [0.3, 0.4) is 0 Å². The molecule has 1 atom stereocenters. The van der Waals surface area contributed by atoms with Crippen LogP contribution in [-0.4, -0.2) is 72.6 Å². The van der Waals surface area contributed by atoms with E-state index in [1.54, 1.807) is 6.33 Å². The summed E-state index contributed by atoms with van der Waals surface area (Å²) in [6, 6.07) is 11.0. The summed E-state index contributed by atoms with van der Waals surface area (Å²) in [5, 5.41) is 4.22. The number of aromatic nitrogens is 2. The molecule has 174 valence electrons. The number of anilines is 2. The van der Waals surface area contributed by atoms with Crippen LogP contribution in [0.2, 0.25) is 0 Å². The van der Waals surface area contributed by atoms with Gasteiger partial charge in [0.25, 0.3) is 5.91 Å². The Hall–Kier alpha value is -2.71. The Balaban J connectivity index is 1.31. The molecule has 1 aromatic carbocycles. The topological polar surface area (TPSA) is 64.6 Å². The van der Waals surface area contributed by atoms with Gasteiger partial charge in [-0.1, -0.05) is 25.1 Å². The van der Waals surface area contributed by atoms with Crippen LogP contribution in [0, 0.1) is 6.92 Å². The van der Waals surface area contributed by atoms with Crippen molar-refractivity contribution in [2.24, 2.45) is 0 Å². The zero-order valence-corrected chi connectivity index (χ0v) is 20.3. The zero-order chi connectivity index (χ0) is 22.8. The number of aryl methyl sites for hydroxylation is 1. The summed E-state index contributed by atoms with van der Waals surface area (Å²) in [7, 11) is 0. The van der Waals surface area contributed by atoms with Crippen molar-refractivity contribution in [1.29, 1.82) is 0 Å². The summed E-state index contributed by atoms with van der Waals surface area (Å²) in [6.07, 6.45) is 4.01. The maximum atomic E-state index is 13.1. The molecule has 1 N–H and O–H groups in total. The average molecular weight is 465 g/mol. The van der Waals surface area contributed by atoms with E-state index < -0.39 is 0 Å². The molecule has 2 aliphatic rings. The van der Waals surface area contributed by atoms with E-state index in [-0.39, 0.29) is 5.91 Å². The summed E-state index contributed by atoms with van der Waals surface area (Å²) in [5.74, 6) is 0.965. The van der Waals surface area contributed by atoms with Gasteiger partial charge < -0.3 is 15.1 Å². The summed E-state index contributed by atoms with van der Waals surface area (Å²) in [6.45, 7) is 10.8. The number of hydrogen-bond acceptors (Lipinski definition) is 7. The van der Waals surface area contributed by atoms with E-state index in [1.165, 1.54) is 23.4 Å². The van der Waals surface area contributed by atoms with E-state index in [4.69, 9.17) is 0 Å². The number of hydrogen-bond donors (Lipinski definition) is 1. The fraction of sp³-hybridized carbons (Fsp3) is 0.480. The van der Waals surface area contributed by atoms with Crippen molar-refractivity contribution in [2.45, 2.75) is 32.7 Å². The molecule has 1 amide bonds. The summed E-state index contributed by atoms with van der Waals surface area (Å²) >= 11 is 1.48. The number of rotatable bonds is 6. The average Bonchev–Trinajstić information content (AvgIpc) is 3.47. The number of para-hydroxylation sites is 1. The number of likely N-dealkylation sites (N-methyl/N-ethyl adjacent to an activating group) is 1. The Labute approximate surface area is 199 Å². The molecule has 2 saturated heterocycles. The minimum Gasteiger partial charge on any atom is -0.368 e. The second kappa shape index (κ2) is 9.65. The van der Waals surface area contributed by atoms with Gasteiger partial charge in [-0.2, -0.15) is 0 Å². The van der Waals surface area contributed by atoms with Gasteiger partial charge in [-0.05, 0) is 50.6 Å². The van der Waals surface area contributed by atoms with Crippen LogP contribution >= 0.6 is 11.3 Å². The third kappa shape index (κ3) is 4.42. The molecule has 0 radical (unpaired) electrons. The maximum absolute atomic E-state index is 13.1. The first kappa shape index (κ1) is 22.1. The second-order valence-electron chi connectivity index (χ2n) is 8.88. The lowest BCUT2D eigenvalue weighted by molar-refractivity contribution is 0.0945. The molecule has 7 nitrogen and oxygen atoms in total. The lowest BCUT2D eigenvalue weighted by Crippen LogP contribution is -2.46. The maximum Gasteiger partial charge on any atom is 0.261 e. The van der Waals surface area contributed by atoms with Crippen molar-refractivity contribution in [1.82, 2.24) is 20.2 Å². The van der Waals surface area contributed by atoms with Gasteiger partial charge in [-0.15, -0.1) is 11.3 Å². The standard InChI is InChI=1S/C25H32N6OS/c1-3-29-11-7-10-20(29)16-26-24(32)22-18(2)21-23(27-17-28-25(21)33-22)31-14-12-30(13-15-31)19-8-5-4-6-9-19/h4-6,8-9,17,20H,3,7,10-16H2,1-2H3,(H,26,32). The number of fused-ring (bicyclic) bond motifs is 1. The van der Waals surface area contributed by atoms with Gasteiger partial charge in [0.1, 0.15) is 17.0 Å². The molecular weight excluding hydrogens is 432 g/mol. The fourth-order valence-corrected chi connectivity index (χ4v) is 6.22. The molecule has 2 fully saturated rings. The highest BCUT2D eigenvalue weighted by atomic mass is 32.1. The normalized spacial score (nSPS) is 19.4. The minimum atomic E-state index is 0.0123. The van der Waals surface area contributed by atoms with Gasteiger partial charge in [-0.3, -0.25) is 9.69 Å². The predicted octanol–water partition coefficient (Wildman–Crippen LogP) is 3.54. The van der Waals surface area contributed by atoms with Crippen LogP contribution in [0.4, 0.5) is 11.5 Å². The molecule has 0 saturated carbocycles. The summed E-state index contributed by atoms with van der Waals surface area (Å²) in [4.78, 5) is 31.1. The number of piperazine rings is 1. The highest BCUT2D eigenvalue weighted by molar-refractivity contribution is 7.20. The molecule has 0 aliphatic carbocycles. The number of carbonyl (C=O) groups excluding carboxylic acids is 1. The van der Waals surface area contributed by atoms with Crippen LogP contribution < -0.4 is 15.1 Å². The number of nitrogens with one attached hydrogen (secondary N) is 1. The van der Waals surface area contributed by atoms with Crippen molar-refractivity contribution in [3.8, 4) is 0 Å². The van der Waals surface area contributed by atoms with Crippen molar-refractivity contribution < 1.29 is 4.79 Å². The molecule has 5 rings (SSSR count). The molecular formula is C25H32N6OS. The SMILES string of the molecule is CCN1CCCC1CNC(=O)c1sc2ncnc(N3CCN(c4ccccc4)CC3)c2c1C. The first-order valence-corrected chi connectivity index (χ1v) is 12.8. The van der Waals surface area contributed by atoms with E-state index in [2.05, 4.69) is 67.2 Å². The zero-order valence-electron chi connectivity index (χ0n) is 19.5. The largest absolute Gasteiger partial charge is 0.368 e. The second-order valence-corrected chi connectivity index (χ2v) is 9.88. The van der Waals surface area contributed by atoms with Gasteiger partial charge in [0, 0.05) is 44.5 Å². The smallest absolute Gasteiger partial charge is 0.261 e. The molecule has 0 spiro atoms. The first-order chi connectivity index (χ1) is 16.2. The first-order valence-electron chi connectivity index (χ1n) is 12.0. The third-order valence-electron chi connectivity index (χ3n) is 7.02. The predicted molar refractivity (Wildman–Crippen MR) is 136 cm³/mol. The van der Waals surface area contributed by atoms with Crippen molar-refractivity contribution in [3.63, 3.8) is 0 Å². The van der Waals surface area contributed by atoms with Crippen molar-refractivity contribution in [3.05, 3.63) is 47.1 Å². The van der Waals surface area contributed by atoms with E-state index in [9.17, 15) is 4.79 Å².